The zero-order chi connectivity index (χ0) is 14.8. The van der Waals surface area contributed by atoms with E-state index in [1.807, 2.05) is 36.4 Å². The standard InChI is InChI=1S/C16H22N4O/c1-2-10-18-16-19-12-9-15(20-16)17-11-6-13-21-14-7-4-3-5-8-14/h3-5,7-9,12H,2,6,10-11,13H2,1H3,(H2,17,18,19,20). The van der Waals surface area contributed by atoms with Gasteiger partial charge in [0.25, 0.3) is 0 Å². The summed E-state index contributed by atoms with van der Waals surface area (Å²) < 4.78 is 5.64. The van der Waals surface area contributed by atoms with E-state index in [-0.39, 0.29) is 0 Å². The minimum atomic E-state index is 0.669. The number of para-hydroxylation sites is 1. The molecule has 5 heteroatoms. The predicted molar refractivity (Wildman–Crippen MR) is 85.9 cm³/mol. The number of aromatic nitrogens is 2. The molecule has 0 unspecified atom stereocenters. The Hall–Kier alpha value is -2.30. The largest absolute Gasteiger partial charge is 0.494 e. The fourth-order valence-electron chi connectivity index (χ4n) is 1.77. The Labute approximate surface area is 125 Å². The first-order valence-corrected chi connectivity index (χ1v) is 7.37. The molecular formula is C16H22N4O. The van der Waals surface area contributed by atoms with E-state index < -0.39 is 0 Å². The van der Waals surface area contributed by atoms with E-state index in [2.05, 4.69) is 27.5 Å². The quantitative estimate of drug-likeness (QED) is 0.693. The van der Waals surface area contributed by atoms with E-state index in [0.29, 0.717) is 12.6 Å². The van der Waals surface area contributed by atoms with E-state index in [1.165, 1.54) is 0 Å². The maximum Gasteiger partial charge on any atom is 0.224 e. The number of benzene rings is 1. The van der Waals surface area contributed by atoms with Gasteiger partial charge in [-0.3, -0.25) is 0 Å². The summed E-state index contributed by atoms with van der Waals surface area (Å²) in [7, 11) is 0. The van der Waals surface area contributed by atoms with Crippen molar-refractivity contribution in [1.82, 2.24) is 9.97 Å². The first kappa shape index (κ1) is 15.1. The Morgan fingerprint density at radius 3 is 2.71 bits per heavy atom. The van der Waals surface area contributed by atoms with Crippen molar-refractivity contribution in [2.75, 3.05) is 30.3 Å². The molecular weight excluding hydrogens is 264 g/mol. The van der Waals surface area contributed by atoms with Crippen LogP contribution in [0.1, 0.15) is 19.8 Å². The second-order valence-electron chi connectivity index (χ2n) is 4.63. The van der Waals surface area contributed by atoms with Gasteiger partial charge in [0.05, 0.1) is 6.61 Å². The van der Waals surface area contributed by atoms with E-state index in [4.69, 9.17) is 4.74 Å². The summed E-state index contributed by atoms with van der Waals surface area (Å²) in [5.74, 6) is 2.41. The van der Waals surface area contributed by atoms with Gasteiger partial charge in [0.1, 0.15) is 11.6 Å². The van der Waals surface area contributed by atoms with Gasteiger partial charge in [0.2, 0.25) is 5.95 Å². The maximum absolute atomic E-state index is 5.64. The van der Waals surface area contributed by atoms with Crippen molar-refractivity contribution in [3.63, 3.8) is 0 Å². The van der Waals surface area contributed by atoms with Crippen molar-refractivity contribution in [2.45, 2.75) is 19.8 Å². The summed E-state index contributed by atoms with van der Waals surface area (Å²) in [5.41, 5.74) is 0. The molecule has 5 nitrogen and oxygen atoms in total. The summed E-state index contributed by atoms with van der Waals surface area (Å²) in [6.07, 6.45) is 3.72. The molecule has 2 N–H and O–H groups in total. The smallest absolute Gasteiger partial charge is 0.224 e. The lowest BCUT2D eigenvalue weighted by Gasteiger charge is -2.09. The molecule has 2 rings (SSSR count). The van der Waals surface area contributed by atoms with Gasteiger partial charge in [0.15, 0.2) is 0 Å². The van der Waals surface area contributed by atoms with E-state index in [0.717, 1.165) is 37.5 Å². The third-order valence-electron chi connectivity index (χ3n) is 2.83. The zero-order valence-electron chi connectivity index (χ0n) is 12.4. The van der Waals surface area contributed by atoms with Crippen LogP contribution in [0.15, 0.2) is 42.6 Å². The van der Waals surface area contributed by atoms with Gasteiger partial charge in [-0.2, -0.15) is 4.98 Å². The first-order chi connectivity index (χ1) is 10.4. The molecule has 0 saturated heterocycles. The molecule has 0 bridgehead atoms. The summed E-state index contributed by atoms with van der Waals surface area (Å²) in [6, 6.07) is 11.7. The lowest BCUT2D eigenvalue weighted by atomic mass is 10.3. The van der Waals surface area contributed by atoms with Gasteiger partial charge in [0, 0.05) is 19.3 Å². The number of nitrogens with zero attached hydrogens (tertiary/aromatic N) is 2. The van der Waals surface area contributed by atoms with Crippen LogP contribution >= 0.6 is 0 Å². The second kappa shape index (κ2) is 8.79. The van der Waals surface area contributed by atoms with Crippen molar-refractivity contribution < 1.29 is 4.74 Å². The van der Waals surface area contributed by atoms with Crippen molar-refractivity contribution in [3.8, 4) is 5.75 Å². The van der Waals surface area contributed by atoms with Gasteiger partial charge >= 0.3 is 0 Å². The van der Waals surface area contributed by atoms with E-state index in [1.54, 1.807) is 6.20 Å². The van der Waals surface area contributed by atoms with Crippen molar-refractivity contribution in [3.05, 3.63) is 42.6 Å². The molecule has 1 heterocycles. The molecule has 0 atom stereocenters. The predicted octanol–water partition coefficient (Wildman–Crippen LogP) is 3.18. The van der Waals surface area contributed by atoms with Gasteiger partial charge < -0.3 is 15.4 Å². The van der Waals surface area contributed by atoms with Crippen LogP contribution in [-0.4, -0.2) is 29.7 Å². The highest BCUT2D eigenvalue weighted by Crippen LogP contribution is 2.09. The average Bonchev–Trinajstić information content (AvgIpc) is 2.54. The molecule has 0 radical (unpaired) electrons. The topological polar surface area (TPSA) is 59.1 Å². The molecule has 0 spiro atoms. The van der Waals surface area contributed by atoms with Crippen LogP contribution in [0, 0.1) is 0 Å². The summed E-state index contributed by atoms with van der Waals surface area (Å²) in [5, 5.41) is 6.45. The van der Waals surface area contributed by atoms with Crippen LogP contribution in [0.5, 0.6) is 5.75 Å². The number of rotatable bonds is 9. The van der Waals surface area contributed by atoms with Gasteiger partial charge in [-0.05, 0) is 31.0 Å². The molecule has 0 aliphatic carbocycles. The highest BCUT2D eigenvalue weighted by atomic mass is 16.5. The Morgan fingerprint density at radius 2 is 1.90 bits per heavy atom. The Morgan fingerprint density at radius 1 is 1.05 bits per heavy atom. The van der Waals surface area contributed by atoms with Gasteiger partial charge in [-0.1, -0.05) is 25.1 Å². The van der Waals surface area contributed by atoms with Crippen LogP contribution in [0.2, 0.25) is 0 Å². The Balaban J connectivity index is 1.66. The van der Waals surface area contributed by atoms with Gasteiger partial charge in [-0.15, -0.1) is 0 Å². The van der Waals surface area contributed by atoms with Crippen LogP contribution in [0.3, 0.4) is 0 Å². The second-order valence-corrected chi connectivity index (χ2v) is 4.63. The minimum absolute atomic E-state index is 0.669. The lowest BCUT2D eigenvalue weighted by molar-refractivity contribution is 0.315. The number of ether oxygens (including phenoxy) is 1. The van der Waals surface area contributed by atoms with Crippen LogP contribution in [-0.2, 0) is 0 Å². The molecule has 1 aromatic carbocycles. The number of hydrogen-bond acceptors (Lipinski definition) is 5. The summed E-state index contributed by atoms with van der Waals surface area (Å²) in [4.78, 5) is 8.57. The Kier molecular flexibility index (Phi) is 6.32. The molecule has 0 fully saturated rings. The molecule has 0 aliphatic rings. The minimum Gasteiger partial charge on any atom is -0.494 e. The highest BCUT2D eigenvalue weighted by molar-refractivity contribution is 5.39. The van der Waals surface area contributed by atoms with Crippen molar-refractivity contribution in [1.29, 1.82) is 0 Å². The van der Waals surface area contributed by atoms with Gasteiger partial charge in [-0.25, -0.2) is 4.98 Å². The van der Waals surface area contributed by atoms with Crippen LogP contribution < -0.4 is 15.4 Å². The average molecular weight is 286 g/mol. The normalized spacial score (nSPS) is 10.1. The Bertz CT molecular complexity index is 519. The fraction of sp³-hybridized carbons (Fsp3) is 0.375. The first-order valence-electron chi connectivity index (χ1n) is 7.37. The number of hydrogen-bond donors (Lipinski definition) is 2. The van der Waals surface area contributed by atoms with Crippen molar-refractivity contribution >= 4 is 11.8 Å². The van der Waals surface area contributed by atoms with Crippen LogP contribution in [0.25, 0.3) is 0 Å². The highest BCUT2D eigenvalue weighted by Gasteiger charge is 1.98. The third kappa shape index (κ3) is 5.69. The summed E-state index contributed by atoms with van der Waals surface area (Å²) >= 11 is 0. The lowest BCUT2D eigenvalue weighted by Crippen LogP contribution is -2.10. The summed E-state index contributed by atoms with van der Waals surface area (Å²) in [6.45, 7) is 4.50. The third-order valence-corrected chi connectivity index (χ3v) is 2.83. The molecule has 21 heavy (non-hydrogen) atoms. The molecule has 0 amide bonds. The van der Waals surface area contributed by atoms with E-state index >= 15 is 0 Å². The number of nitrogens with one attached hydrogen (secondary N) is 2. The SMILES string of the molecule is CCCNc1nccc(NCCCOc2ccccc2)n1. The molecule has 0 saturated carbocycles. The maximum atomic E-state index is 5.64. The van der Waals surface area contributed by atoms with E-state index in [9.17, 15) is 0 Å². The fourth-order valence-corrected chi connectivity index (χ4v) is 1.77. The molecule has 2 aromatic rings. The zero-order valence-corrected chi connectivity index (χ0v) is 12.4. The molecule has 0 aliphatic heterocycles. The van der Waals surface area contributed by atoms with Crippen LogP contribution in [0.4, 0.5) is 11.8 Å². The molecule has 112 valence electrons. The molecule has 1 aromatic heterocycles. The van der Waals surface area contributed by atoms with Crippen molar-refractivity contribution in [2.24, 2.45) is 0 Å². The number of anilines is 2. The monoisotopic (exact) mass is 286 g/mol.